The largest absolute Gasteiger partial charge is 0.323 e. The van der Waals surface area contributed by atoms with E-state index in [1.807, 2.05) is 21.0 Å². The summed E-state index contributed by atoms with van der Waals surface area (Å²) < 4.78 is 0. The molecule has 0 heterocycles. The molecule has 0 bridgehead atoms. The first kappa shape index (κ1) is 11.9. The van der Waals surface area contributed by atoms with Gasteiger partial charge in [0.05, 0.1) is 0 Å². The molecule has 0 aliphatic carbocycles. The van der Waals surface area contributed by atoms with Crippen molar-refractivity contribution in [3.8, 4) is 0 Å². The van der Waals surface area contributed by atoms with Crippen LogP contribution in [0.15, 0.2) is 30.3 Å². The highest BCUT2D eigenvalue weighted by Crippen LogP contribution is 2.07. The first-order valence-corrected chi connectivity index (χ1v) is 4.53. The molecule has 1 rings (SSSR count). The summed E-state index contributed by atoms with van der Waals surface area (Å²) in [5.41, 5.74) is 2.64. The van der Waals surface area contributed by atoms with Crippen molar-refractivity contribution in [2.75, 3.05) is 14.1 Å². The fourth-order valence-corrected chi connectivity index (χ4v) is 0.953. The molecule has 0 atom stereocenters. The average Bonchev–Trinajstić information content (AvgIpc) is 2.11. The molecular weight excluding hydrogens is 158 g/mol. The van der Waals surface area contributed by atoms with Gasteiger partial charge in [0.2, 0.25) is 0 Å². The minimum Gasteiger partial charge on any atom is -0.323 e. The molecule has 0 aromatic heterocycles. The van der Waals surface area contributed by atoms with Gasteiger partial charge >= 0.3 is 0 Å². The molecule has 1 aromatic carbocycles. The third-order valence-corrected chi connectivity index (χ3v) is 1.53. The molecule has 0 aliphatic heterocycles. The zero-order chi connectivity index (χ0) is 10.1. The third-order valence-electron chi connectivity index (χ3n) is 1.53. The maximum absolute atomic E-state index is 2.75. The maximum Gasteiger partial charge on any atom is -0.0167 e. The summed E-state index contributed by atoms with van der Waals surface area (Å²) >= 11 is 0. The van der Waals surface area contributed by atoms with Crippen LogP contribution in [0.1, 0.15) is 18.1 Å². The SMILES string of the molecule is C/C=C\c1ccccc1C.CNC. The van der Waals surface area contributed by atoms with Crippen LogP contribution in [0.4, 0.5) is 0 Å². The van der Waals surface area contributed by atoms with E-state index in [0.29, 0.717) is 0 Å². The summed E-state index contributed by atoms with van der Waals surface area (Å²) in [6, 6.07) is 8.36. The molecule has 1 aromatic rings. The molecule has 1 nitrogen and oxygen atoms in total. The topological polar surface area (TPSA) is 12.0 Å². The van der Waals surface area contributed by atoms with E-state index in [1.165, 1.54) is 11.1 Å². The lowest BCUT2D eigenvalue weighted by atomic mass is 10.1. The monoisotopic (exact) mass is 177 g/mol. The maximum atomic E-state index is 2.75. The molecule has 0 saturated carbocycles. The molecule has 0 aliphatic rings. The van der Waals surface area contributed by atoms with Crippen LogP contribution >= 0.6 is 0 Å². The quantitative estimate of drug-likeness (QED) is 0.695. The van der Waals surface area contributed by atoms with Crippen molar-refractivity contribution in [3.63, 3.8) is 0 Å². The number of aryl methyl sites for hydroxylation is 1. The number of allylic oxidation sites excluding steroid dienone is 1. The number of rotatable bonds is 1. The lowest BCUT2D eigenvalue weighted by Gasteiger charge is -1.96. The predicted molar refractivity (Wildman–Crippen MR) is 60.9 cm³/mol. The Morgan fingerprint density at radius 1 is 1.15 bits per heavy atom. The number of benzene rings is 1. The van der Waals surface area contributed by atoms with Crippen molar-refractivity contribution in [1.82, 2.24) is 5.32 Å². The van der Waals surface area contributed by atoms with Crippen LogP contribution in [0, 0.1) is 6.92 Å². The van der Waals surface area contributed by atoms with Crippen molar-refractivity contribution in [2.24, 2.45) is 0 Å². The third kappa shape index (κ3) is 5.21. The van der Waals surface area contributed by atoms with Crippen LogP contribution in [0.3, 0.4) is 0 Å². The van der Waals surface area contributed by atoms with Crippen LogP contribution in [0.5, 0.6) is 0 Å². The molecule has 0 unspecified atom stereocenters. The first-order valence-electron chi connectivity index (χ1n) is 4.53. The molecule has 0 spiro atoms. The standard InChI is InChI=1S/C10H12.C2H7N/c1-3-6-10-8-5-4-7-9(10)2;1-3-2/h3-8H,1-2H3;3H,1-2H3/b6-3-;. The van der Waals surface area contributed by atoms with E-state index < -0.39 is 0 Å². The Labute approximate surface area is 81.5 Å². The van der Waals surface area contributed by atoms with Crippen LogP contribution < -0.4 is 5.32 Å². The van der Waals surface area contributed by atoms with Gasteiger partial charge in [-0.1, -0.05) is 36.4 Å². The molecule has 0 fully saturated rings. The summed E-state index contributed by atoms with van der Waals surface area (Å²) in [6.07, 6.45) is 4.18. The van der Waals surface area contributed by atoms with E-state index >= 15 is 0 Å². The fraction of sp³-hybridized carbons (Fsp3) is 0.333. The zero-order valence-electron chi connectivity index (χ0n) is 8.96. The van der Waals surface area contributed by atoms with Crippen molar-refractivity contribution in [3.05, 3.63) is 41.5 Å². The van der Waals surface area contributed by atoms with E-state index in [-0.39, 0.29) is 0 Å². The highest BCUT2D eigenvalue weighted by Gasteiger charge is 1.87. The number of hydrogen-bond donors (Lipinski definition) is 1. The van der Waals surface area contributed by atoms with Crippen LogP contribution in [0.2, 0.25) is 0 Å². The second kappa shape index (κ2) is 7.56. The second-order valence-electron chi connectivity index (χ2n) is 2.86. The molecular formula is C12H19N. The molecule has 1 heteroatoms. The van der Waals surface area contributed by atoms with E-state index in [0.717, 1.165) is 0 Å². The van der Waals surface area contributed by atoms with Gasteiger partial charge in [0.15, 0.2) is 0 Å². The Kier molecular flexibility index (Phi) is 6.93. The normalized spacial score (nSPS) is 9.54. The van der Waals surface area contributed by atoms with E-state index in [1.54, 1.807) is 0 Å². The lowest BCUT2D eigenvalue weighted by molar-refractivity contribution is 1.02. The number of hydrogen-bond acceptors (Lipinski definition) is 1. The summed E-state index contributed by atoms with van der Waals surface area (Å²) in [4.78, 5) is 0. The van der Waals surface area contributed by atoms with Crippen molar-refractivity contribution >= 4 is 6.08 Å². The molecule has 13 heavy (non-hydrogen) atoms. The van der Waals surface area contributed by atoms with Crippen molar-refractivity contribution in [2.45, 2.75) is 13.8 Å². The molecule has 0 amide bonds. The van der Waals surface area contributed by atoms with E-state index in [2.05, 4.69) is 48.7 Å². The molecule has 1 N–H and O–H groups in total. The van der Waals surface area contributed by atoms with Crippen molar-refractivity contribution < 1.29 is 0 Å². The Morgan fingerprint density at radius 3 is 2.15 bits per heavy atom. The van der Waals surface area contributed by atoms with Gasteiger partial charge in [-0.05, 0) is 39.1 Å². The Balaban J connectivity index is 0.000000424. The highest BCUT2D eigenvalue weighted by atomic mass is 14.7. The summed E-state index contributed by atoms with van der Waals surface area (Å²) in [7, 11) is 3.75. The van der Waals surface area contributed by atoms with Gasteiger partial charge in [-0.2, -0.15) is 0 Å². The minimum atomic E-state index is 1.31. The van der Waals surface area contributed by atoms with Crippen LogP contribution in [-0.2, 0) is 0 Å². The van der Waals surface area contributed by atoms with Crippen molar-refractivity contribution in [1.29, 1.82) is 0 Å². The summed E-state index contributed by atoms with van der Waals surface area (Å²) in [5, 5.41) is 2.75. The van der Waals surface area contributed by atoms with Gasteiger partial charge in [0, 0.05) is 0 Å². The van der Waals surface area contributed by atoms with Gasteiger partial charge in [-0.15, -0.1) is 0 Å². The van der Waals surface area contributed by atoms with Gasteiger partial charge in [-0.3, -0.25) is 0 Å². The Hall–Kier alpha value is -1.08. The van der Waals surface area contributed by atoms with Crippen LogP contribution in [0.25, 0.3) is 6.08 Å². The average molecular weight is 177 g/mol. The predicted octanol–water partition coefficient (Wildman–Crippen LogP) is 2.86. The fourth-order valence-electron chi connectivity index (χ4n) is 0.953. The Bertz CT molecular complexity index is 251. The Morgan fingerprint density at radius 2 is 1.69 bits per heavy atom. The second-order valence-corrected chi connectivity index (χ2v) is 2.86. The smallest absolute Gasteiger partial charge is 0.0167 e. The van der Waals surface area contributed by atoms with E-state index in [4.69, 9.17) is 0 Å². The van der Waals surface area contributed by atoms with Gasteiger partial charge < -0.3 is 5.32 Å². The first-order chi connectivity index (χ1) is 6.26. The zero-order valence-corrected chi connectivity index (χ0v) is 8.96. The highest BCUT2D eigenvalue weighted by molar-refractivity contribution is 5.52. The van der Waals surface area contributed by atoms with Gasteiger partial charge in [-0.25, -0.2) is 0 Å². The summed E-state index contributed by atoms with van der Waals surface area (Å²) in [5.74, 6) is 0. The molecule has 0 radical (unpaired) electrons. The molecule has 72 valence electrons. The van der Waals surface area contributed by atoms with E-state index in [9.17, 15) is 0 Å². The molecule has 0 saturated heterocycles. The van der Waals surface area contributed by atoms with Crippen LogP contribution in [-0.4, -0.2) is 14.1 Å². The van der Waals surface area contributed by atoms with Gasteiger partial charge in [0.25, 0.3) is 0 Å². The minimum absolute atomic E-state index is 1.31. The van der Waals surface area contributed by atoms with Gasteiger partial charge in [0.1, 0.15) is 0 Å². The summed E-state index contributed by atoms with van der Waals surface area (Å²) in [6.45, 7) is 4.15. The number of nitrogens with one attached hydrogen (secondary N) is 1. The lowest BCUT2D eigenvalue weighted by Crippen LogP contribution is -1.89.